The van der Waals surface area contributed by atoms with Crippen LogP contribution in [-0.4, -0.2) is 33.6 Å². The van der Waals surface area contributed by atoms with Crippen molar-refractivity contribution in [3.63, 3.8) is 0 Å². The molecular weight excluding hydrogens is 281 g/mol. The molecule has 5 heteroatoms. The second kappa shape index (κ2) is 6.16. The van der Waals surface area contributed by atoms with Gasteiger partial charge < -0.3 is 4.90 Å². The predicted octanol–water partition coefficient (Wildman–Crippen LogP) is 2.66. The zero-order valence-electron chi connectivity index (χ0n) is 13.1. The first-order valence-corrected chi connectivity index (χ1v) is 7.93. The fraction of sp³-hybridized carbons (Fsp3) is 0.529. The van der Waals surface area contributed by atoms with Gasteiger partial charge in [0, 0.05) is 18.7 Å². The van der Waals surface area contributed by atoms with Crippen molar-refractivity contribution >= 4 is 10.9 Å². The molecule has 0 saturated carbocycles. The minimum atomic E-state index is -0.363. The normalized spacial score (nSPS) is 17.5. The van der Waals surface area contributed by atoms with Crippen LogP contribution in [0.15, 0.2) is 29.3 Å². The Kier molecular flexibility index (Phi) is 4.25. The van der Waals surface area contributed by atoms with Crippen molar-refractivity contribution < 1.29 is 4.39 Å². The molecule has 118 valence electrons. The van der Waals surface area contributed by atoms with Gasteiger partial charge in [0.1, 0.15) is 5.82 Å². The first-order valence-electron chi connectivity index (χ1n) is 7.93. The van der Waals surface area contributed by atoms with E-state index < -0.39 is 0 Å². The van der Waals surface area contributed by atoms with Gasteiger partial charge >= 0.3 is 0 Å². The van der Waals surface area contributed by atoms with Crippen LogP contribution in [-0.2, 0) is 6.54 Å². The maximum atomic E-state index is 13.2. The number of benzene rings is 1. The molecule has 0 radical (unpaired) electrons. The van der Waals surface area contributed by atoms with Crippen LogP contribution < -0.4 is 5.56 Å². The van der Waals surface area contributed by atoms with Crippen molar-refractivity contribution in [2.24, 2.45) is 5.92 Å². The van der Waals surface area contributed by atoms with Crippen LogP contribution in [0.5, 0.6) is 0 Å². The molecule has 0 atom stereocenters. The van der Waals surface area contributed by atoms with Crippen LogP contribution >= 0.6 is 0 Å². The number of piperidine rings is 1. The molecule has 1 aromatic carbocycles. The highest BCUT2D eigenvalue weighted by atomic mass is 19.1. The van der Waals surface area contributed by atoms with Gasteiger partial charge in [-0.15, -0.1) is 0 Å². The molecule has 22 heavy (non-hydrogen) atoms. The fourth-order valence-corrected chi connectivity index (χ4v) is 3.19. The number of hydrogen-bond acceptors (Lipinski definition) is 3. The van der Waals surface area contributed by atoms with E-state index in [4.69, 9.17) is 0 Å². The number of likely N-dealkylation sites (tertiary alicyclic amines) is 1. The second-order valence-electron chi connectivity index (χ2n) is 6.44. The van der Waals surface area contributed by atoms with E-state index in [0.29, 0.717) is 29.4 Å². The number of nitrogens with zero attached hydrogens (tertiary/aromatic N) is 3. The highest BCUT2D eigenvalue weighted by Crippen LogP contribution is 2.20. The summed E-state index contributed by atoms with van der Waals surface area (Å²) in [5.41, 5.74) is 0.354. The highest BCUT2D eigenvalue weighted by molar-refractivity contribution is 5.77. The minimum Gasteiger partial charge on any atom is -0.301 e. The topological polar surface area (TPSA) is 38.1 Å². The standard InChI is InChI=1S/C17H22FN3O/c1-12(2)20-7-5-13(6-8-20)10-21-11-19-16-9-14(18)3-4-15(16)17(21)22/h3-4,9,11-13H,5-8,10H2,1-2H3. The predicted molar refractivity (Wildman–Crippen MR) is 85.4 cm³/mol. The van der Waals surface area contributed by atoms with Crippen LogP contribution in [0, 0.1) is 11.7 Å². The van der Waals surface area contributed by atoms with Crippen molar-refractivity contribution in [1.29, 1.82) is 0 Å². The van der Waals surface area contributed by atoms with Gasteiger partial charge in [0.25, 0.3) is 5.56 Å². The summed E-state index contributed by atoms with van der Waals surface area (Å²) in [7, 11) is 0. The van der Waals surface area contributed by atoms with Crippen LogP contribution in [0.2, 0.25) is 0 Å². The third kappa shape index (κ3) is 3.04. The molecule has 3 rings (SSSR count). The van der Waals surface area contributed by atoms with E-state index in [1.807, 2.05) is 0 Å². The quantitative estimate of drug-likeness (QED) is 0.875. The van der Waals surface area contributed by atoms with Gasteiger partial charge in [-0.25, -0.2) is 9.37 Å². The number of aromatic nitrogens is 2. The van der Waals surface area contributed by atoms with E-state index >= 15 is 0 Å². The summed E-state index contributed by atoms with van der Waals surface area (Å²) in [4.78, 5) is 19.2. The summed E-state index contributed by atoms with van der Waals surface area (Å²) in [6.07, 6.45) is 3.76. The molecular formula is C17H22FN3O. The summed E-state index contributed by atoms with van der Waals surface area (Å²) in [5, 5.41) is 0.489. The van der Waals surface area contributed by atoms with Gasteiger partial charge in [-0.3, -0.25) is 9.36 Å². The SMILES string of the molecule is CC(C)N1CCC(Cn2cnc3cc(F)ccc3c2=O)CC1. The monoisotopic (exact) mass is 303 g/mol. The molecule has 0 N–H and O–H groups in total. The number of hydrogen-bond donors (Lipinski definition) is 0. The second-order valence-corrected chi connectivity index (χ2v) is 6.44. The molecule has 4 nitrogen and oxygen atoms in total. The Morgan fingerprint density at radius 3 is 2.73 bits per heavy atom. The largest absolute Gasteiger partial charge is 0.301 e. The van der Waals surface area contributed by atoms with Gasteiger partial charge in [-0.05, 0) is 57.8 Å². The lowest BCUT2D eigenvalue weighted by Gasteiger charge is -2.34. The molecule has 1 aliphatic rings. The molecule has 0 bridgehead atoms. The fourth-order valence-electron chi connectivity index (χ4n) is 3.19. The lowest BCUT2D eigenvalue weighted by molar-refractivity contribution is 0.141. The van der Waals surface area contributed by atoms with Crippen molar-refractivity contribution in [3.8, 4) is 0 Å². The molecule has 0 aliphatic carbocycles. The van der Waals surface area contributed by atoms with Gasteiger partial charge in [-0.2, -0.15) is 0 Å². The molecule has 1 aromatic heterocycles. The van der Waals surface area contributed by atoms with Gasteiger partial charge in [0.05, 0.1) is 17.2 Å². The lowest BCUT2D eigenvalue weighted by atomic mass is 9.96. The molecule has 0 spiro atoms. The number of fused-ring (bicyclic) bond motifs is 1. The Morgan fingerprint density at radius 1 is 1.32 bits per heavy atom. The Morgan fingerprint density at radius 2 is 2.05 bits per heavy atom. The highest BCUT2D eigenvalue weighted by Gasteiger charge is 2.21. The van der Waals surface area contributed by atoms with Gasteiger partial charge in [-0.1, -0.05) is 0 Å². The summed E-state index contributed by atoms with van der Waals surface area (Å²) in [6, 6.07) is 4.73. The van der Waals surface area contributed by atoms with E-state index in [1.165, 1.54) is 18.2 Å². The minimum absolute atomic E-state index is 0.0729. The maximum Gasteiger partial charge on any atom is 0.261 e. The molecule has 1 aliphatic heterocycles. The van der Waals surface area contributed by atoms with Crippen molar-refractivity contribution in [3.05, 3.63) is 40.7 Å². The van der Waals surface area contributed by atoms with E-state index in [1.54, 1.807) is 10.9 Å². The first-order chi connectivity index (χ1) is 10.5. The maximum absolute atomic E-state index is 13.2. The third-order valence-electron chi connectivity index (χ3n) is 4.62. The van der Waals surface area contributed by atoms with Crippen LogP contribution in [0.3, 0.4) is 0 Å². The molecule has 2 aromatic rings. The smallest absolute Gasteiger partial charge is 0.261 e. The average Bonchev–Trinajstić information content (AvgIpc) is 2.50. The molecule has 1 fully saturated rings. The average molecular weight is 303 g/mol. The van der Waals surface area contributed by atoms with E-state index in [-0.39, 0.29) is 11.4 Å². The molecule has 0 unspecified atom stereocenters. The lowest BCUT2D eigenvalue weighted by Crippen LogP contribution is -2.40. The molecule has 2 heterocycles. The van der Waals surface area contributed by atoms with Gasteiger partial charge in [0.15, 0.2) is 0 Å². The van der Waals surface area contributed by atoms with Crippen molar-refractivity contribution in [1.82, 2.24) is 14.5 Å². The Hall–Kier alpha value is -1.75. The number of rotatable bonds is 3. The summed E-state index contributed by atoms with van der Waals surface area (Å²) in [6.45, 7) is 7.31. The van der Waals surface area contributed by atoms with Crippen molar-refractivity contribution in [2.45, 2.75) is 39.3 Å². The van der Waals surface area contributed by atoms with Crippen LogP contribution in [0.4, 0.5) is 4.39 Å². The summed E-state index contributed by atoms with van der Waals surface area (Å²) >= 11 is 0. The number of halogens is 1. The van der Waals surface area contributed by atoms with E-state index in [9.17, 15) is 9.18 Å². The zero-order chi connectivity index (χ0) is 15.7. The summed E-state index contributed by atoms with van der Waals surface area (Å²) in [5.74, 6) is 0.144. The van der Waals surface area contributed by atoms with Crippen molar-refractivity contribution in [2.75, 3.05) is 13.1 Å². The molecule has 0 amide bonds. The Balaban J connectivity index is 1.76. The Labute approximate surface area is 129 Å². The van der Waals surface area contributed by atoms with E-state index in [0.717, 1.165) is 25.9 Å². The van der Waals surface area contributed by atoms with Crippen LogP contribution in [0.25, 0.3) is 10.9 Å². The molecule has 1 saturated heterocycles. The van der Waals surface area contributed by atoms with Crippen LogP contribution in [0.1, 0.15) is 26.7 Å². The first kappa shape index (κ1) is 15.2. The van der Waals surface area contributed by atoms with Gasteiger partial charge in [0.2, 0.25) is 0 Å². The third-order valence-corrected chi connectivity index (χ3v) is 4.62. The zero-order valence-corrected chi connectivity index (χ0v) is 13.1. The van der Waals surface area contributed by atoms with E-state index in [2.05, 4.69) is 23.7 Å². The summed E-state index contributed by atoms with van der Waals surface area (Å²) < 4.78 is 14.9. The Bertz CT molecular complexity index is 717.